The van der Waals surface area contributed by atoms with Crippen molar-refractivity contribution >= 4 is 22.9 Å². The summed E-state index contributed by atoms with van der Waals surface area (Å²) in [5.74, 6) is 0.348. The van der Waals surface area contributed by atoms with Crippen molar-refractivity contribution in [1.82, 2.24) is 9.55 Å². The molecule has 0 unspecified atom stereocenters. The fourth-order valence-electron chi connectivity index (χ4n) is 1.94. The van der Waals surface area contributed by atoms with E-state index in [-0.39, 0.29) is 6.54 Å². The van der Waals surface area contributed by atoms with Crippen molar-refractivity contribution in [2.24, 2.45) is 0 Å². The Bertz CT molecular complexity index is 884. The molecule has 0 aliphatic rings. The van der Waals surface area contributed by atoms with E-state index < -0.39 is 22.3 Å². The minimum atomic E-state index is -4.59. The molecule has 0 bridgehead atoms. The van der Waals surface area contributed by atoms with Gasteiger partial charge in [-0.3, -0.25) is 4.79 Å². The molecule has 23 heavy (non-hydrogen) atoms. The molecule has 3 rings (SSSR count). The van der Waals surface area contributed by atoms with Crippen LogP contribution in [0.1, 0.15) is 11.3 Å². The van der Waals surface area contributed by atoms with Crippen molar-refractivity contribution in [3.63, 3.8) is 0 Å². The molecule has 0 aromatic carbocycles. The molecule has 0 fully saturated rings. The quantitative estimate of drug-likeness (QED) is 0.700. The summed E-state index contributed by atoms with van der Waals surface area (Å²) in [6, 6.07) is 4.23. The number of hydrogen-bond acceptors (Lipinski definition) is 4. The summed E-state index contributed by atoms with van der Waals surface area (Å²) in [5.41, 5.74) is -1.39. The van der Waals surface area contributed by atoms with Gasteiger partial charge in [0.05, 0.1) is 22.7 Å². The predicted octanol–water partition coefficient (Wildman–Crippen LogP) is 4.29. The van der Waals surface area contributed by atoms with Crippen molar-refractivity contribution in [2.75, 3.05) is 0 Å². The van der Waals surface area contributed by atoms with Gasteiger partial charge in [0.1, 0.15) is 11.3 Å². The van der Waals surface area contributed by atoms with E-state index in [0.717, 1.165) is 9.44 Å². The van der Waals surface area contributed by atoms with Crippen molar-refractivity contribution in [3.8, 4) is 10.8 Å². The Kier molecular flexibility index (Phi) is 4.03. The number of hydrogen-bond donors (Lipinski definition) is 0. The van der Waals surface area contributed by atoms with E-state index in [1.54, 1.807) is 6.07 Å². The number of halogens is 4. The molecular weight excluding hydrogens is 353 g/mol. The zero-order chi connectivity index (χ0) is 16.6. The number of nitrogens with zero attached hydrogens (tertiary/aromatic N) is 2. The maximum absolute atomic E-state index is 12.8. The highest BCUT2D eigenvalue weighted by Crippen LogP contribution is 2.30. The zero-order valence-electron chi connectivity index (χ0n) is 11.3. The number of rotatable bonds is 3. The second kappa shape index (κ2) is 5.86. The molecule has 9 heteroatoms. The topological polar surface area (TPSA) is 48.0 Å². The number of pyridine rings is 1. The fourth-order valence-corrected chi connectivity index (χ4v) is 2.82. The molecule has 0 aliphatic carbocycles. The maximum Gasteiger partial charge on any atom is 0.417 e. The van der Waals surface area contributed by atoms with Gasteiger partial charge in [0.2, 0.25) is 5.89 Å². The molecule has 0 atom stereocenters. The molecule has 4 nitrogen and oxygen atoms in total. The monoisotopic (exact) mass is 360 g/mol. The van der Waals surface area contributed by atoms with Gasteiger partial charge in [-0.05, 0) is 17.5 Å². The average Bonchev–Trinajstić information content (AvgIpc) is 3.13. The van der Waals surface area contributed by atoms with E-state index in [9.17, 15) is 18.0 Å². The molecule has 0 amide bonds. The van der Waals surface area contributed by atoms with Crippen LogP contribution in [0.2, 0.25) is 5.02 Å². The maximum atomic E-state index is 12.8. The van der Waals surface area contributed by atoms with Crippen LogP contribution in [-0.4, -0.2) is 9.55 Å². The Hall–Kier alpha value is -2.06. The van der Waals surface area contributed by atoms with E-state index in [4.69, 9.17) is 16.0 Å². The largest absolute Gasteiger partial charge is 0.443 e. The fraction of sp³-hybridized carbons (Fsp3) is 0.143. The zero-order valence-corrected chi connectivity index (χ0v) is 12.9. The lowest BCUT2D eigenvalue weighted by Crippen LogP contribution is -2.23. The molecule has 0 saturated heterocycles. The lowest BCUT2D eigenvalue weighted by atomic mass is 10.2. The van der Waals surface area contributed by atoms with Crippen LogP contribution in [0.3, 0.4) is 0 Å². The summed E-state index contributed by atoms with van der Waals surface area (Å²) in [7, 11) is 0. The van der Waals surface area contributed by atoms with E-state index in [2.05, 4.69) is 4.98 Å². The molecule has 0 N–H and O–H groups in total. The molecule has 3 aromatic rings. The van der Waals surface area contributed by atoms with E-state index in [1.807, 2.05) is 11.4 Å². The SMILES string of the molecule is O=c1c(Cl)cc(C(F)(F)F)cn1Cc1coc(-c2cccs2)n1. The van der Waals surface area contributed by atoms with Gasteiger partial charge in [-0.25, -0.2) is 4.98 Å². The van der Waals surface area contributed by atoms with Gasteiger partial charge in [0, 0.05) is 6.20 Å². The van der Waals surface area contributed by atoms with E-state index in [0.29, 0.717) is 23.8 Å². The van der Waals surface area contributed by atoms with Crippen molar-refractivity contribution in [3.05, 3.63) is 62.7 Å². The van der Waals surface area contributed by atoms with Crippen LogP contribution < -0.4 is 5.56 Å². The highest BCUT2D eigenvalue weighted by atomic mass is 35.5. The summed E-state index contributed by atoms with van der Waals surface area (Å²) < 4.78 is 44.5. The summed E-state index contributed by atoms with van der Waals surface area (Å²) in [6.07, 6.45) is -2.57. The minimum absolute atomic E-state index is 0.169. The first-order valence-electron chi connectivity index (χ1n) is 6.30. The Morgan fingerprint density at radius 1 is 1.39 bits per heavy atom. The molecule has 0 saturated carbocycles. The molecule has 3 aromatic heterocycles. The van der Waals surface area contributed by atoms with Gasteiger partial charge in [-0.1, -0.05) is 17.7 Å². The normalized spacial score (nSPS) is 11.8. The summed E-state index contributed by atoms with van der Waals surface area (Å²) in [5, 5.41) is 1.35. The summed E-state index contributed by atoms with van der Waals surface area (Å²) >= 11 is 7.01. The Balaban J connectivity index is 1.94. The second-order valence-electron chi connectivity index (χ2n) is 4.63. The van der Waals surface area contributed by atoms with Crippen LogP contribution in [-0.2, 0) is 12.7 Å². The number of alkyl halides is 3. The first kappa shape index (κ1) is 15.8. The van der Waals surface area contributed by atoms with Crippen LogP contribution in [0.25, 0.3) is 10.8 Å². The standard InChI is InChI=1S/C14H8ClF3N2O2S/c15-10-4-8(14(16,17)18)5-20(13(10)21)6-9-7-22-12(19-9)11-2-1-3-23-11/h1-5,7H,6H2. The lowest BCUT2D eigenvalue weighted by Gasteiger charge is -2.10. The van der Waals surface area contributed by atoms with Crippen LogP contribution >= 0.6 is 22.9 Å². The van der Waals surface area contributed by atoms with Crippen molar-refractivity contribution in [2.45, 2.75) is 12.7 Å². The third kappa shape index (κ3) is 3.32. The van der Waals surface area contributed by atoms with Gasteiger partial charge < -0.3 is 8.98 Å². The number of oxazole rings is 1. The smallest absolute Gasteiger partial charge is 0.417 e. The molecule has 0 spiro atoms. The van der Waals surface area contributed by atoms with Crippen LogP contribution in [0, 0.1) is 0 Å². The first-order valence-corrected chi connectivity index (χ1v) is 7.56. The minimum Gasteiger partial charge on any atom is -0.443 e. The van der Waals surface area contributed by atoms with Crippen LogP contribution in [0.4, 0.5) is 13.2 Å². The molecule has 0 aliphatic heterocycles. The average molecular weight is 361 g/mol. The Labute approximate surface area is 136 Å². The first-order chi connectivity index (χ1) is 10.8. The summed E-state index contributed by atoms with van der Waals surface area (Å²) in [6.45, 7) is -0.169. The second-order valence-corrected chi connectivity index (χ2v) is 5.98. The molecular formula is C14H8ClF3N2O2S. The van der Waals surface area contributed by atoms with Crippen LogP contribution in [0.15, 0.2) is 45.3 Å². The highest BCUT2D eigenvalue weighted by molar-refractivity contribution is 7.13. The van der Waals surface area contributed by atoms with Gasteiger partial charge in [0.15, 0.2) is 0 Å². The van der Waals surface area contributed by atoms with Gasteiger partial charge in [-0.15, -0.1) is 11.3 Å². The predicted molar refractivity (Wildman–Crippen MR) is 79.6 cm³/mol. The van der Waals surface area contributed by atoms with Crippen molar-refractivity contribution in [1.29, 1.82) is 0 Å². The van der Waals surface area contributed by atoms with Gasteiger partial charge in [0.25, 0.3) is 5.56 Å². The van der Waals surface area contributed by atoms with E-state index in [1.165, 1.54) is 17.6 Å². The number of aromatic nitrogens is 2. The van der Waals surface area contributed by atoms with Crippen LogP contribution in [0.5, 0.6) is 0 Å². The van der Waals surface area contributed by atoms with E-state index >= 15 is 0 Å². The summed E-state index contributed by atoms with van der Waals surface area (Å²) in [4.78, 5) is 16.8. The Morgan fingerprint density at radius 2 is 2.17 bits per heavy atom. The third-order valence-corrected chi connectivity index (χ3v) is 4.11. The van der Waals surface area contributed by atoms with Crippen molar-refractivity contribution < 1.29 is 17.6 Å². The van der Waals surface area contributed by atoms with Gasteiger partial charge >= 0.3 is 6.18 Å². The highest BCUT2D eigenvalue weighted by Gasteiger charge is 2.32. The molecule has 0 radical (unpaired) electrons. The lowest BCUT2D eigenvalue weighted by molar-refractivity contribution is -0.138. The third-order valence-electron chi connectivity index (χ3n) is 2.99. The number of thiophene rings is 1. The van der Waals surface area contributed by atoms with Gasteiger partial charge in [-0.2, -0.15) is 13.2 Å². The Morgan fingerprint density at radius 3 is 2.83 bits per heavy atom. The molecule has 3 heterocycles. The molecule has 120 valence electrons.